The Morgan fingerprint density at radius 3 is 2.27 bits per heavy atom. The second-order valence-electron chi connectivity index (χ2n) is 5.30. The van der Waals surface area contributed by atoms with Gasteiger partial charge in [-0.1, -0.05) is 34.1 Å². The van der Waals surface area contributed by atoms with Crippen molar-refractivity contribution in [1.82, 2.24) is 10.6 Å². The van der Waals surface area contributed by atoms with E-state index in [0.717, 1.165) is 4.47 Å². The van der Waals surface area contributed by atoms with Gasteiger partial charge in [-0.25, -0.2) is 9.59 Å². The summed E-state index contributed by atoms with van der Waals surface area (Å²) >= 11 is 3.32. The summed E-state index contributed by atoms with van der Waals surface area (Å²) in [6.45, 7) is 2.51. The Morgan fingerprint density at radius 1 is 0.962 bits per heavy atom. The Kier molecular flexibility index (Phi) is 7.35. The summed E-state index contributed by atoms with van der Waals surface area (Å²) in [5.41, 5.74) is 0.946. The van der Waals surface area contributed by atoms with E-state index in [9.17, 15) is 14.4 Å². The summed E-state index contributed by atoms with van der Waals surface area (Å²) in [4.78, 5) is 36.3. The molecule has 136 valence electrons. The minimum absolute atomic E-state index is 0.0107. The lowest BCUT2D eigenvalue weighted by molar-refractivity contribution is 0.0507. The number of amides is 2. The van der Waals surface area contributed by atoms with Crippen molar-refractivity contribution in [2.45, 2.75) is 6.92 Å². The number of rotatable bonds is 7. The number of benzene rings is 2. The van der Waals surface area contributed by atoms with E-state index in [2.05, 4.69) is 26.6 Å². The maximum absolute atomic E-state index is 12.7. The topological polar surface area (TPSA) is 84.5 Å². The van der Waals surface area contributed by atoms with Crippen LogP contribution >= 0.6 is 15.9 Å². The third-order valence-corrected chi connectivity index (χ3v) is 3.98. The lowest BCUT2D eigenvalue weighted by Crippen LogP contribution is -2.37. The number of halogens is 1. The molecular weight excluding hydrogens is 400 g/mol. The van der Waals surface area contributed by atoms with Crippen LogP contribution in [0, 0.1) is 0 Å². The normalized spacial score (nSPS) is 10.1. The van der Waals surface area contributed by atoms with Gasteiger partial charge >= 0.3 is 12.0 Å². The third kappa shape index (κ3) is 5.42. The number of urea groups is 1. The zero-order chi connectivity index (χ0) is 18.9. The molecule has 0 unspecified atom stereocenters. The van der Waals surface area contributed by atoms with Crippen LogP contribution in [-0.2, 0) is 4.74 Å². The van der Waals surface area contributed by atoms with Gasteiger partial charge < -0.3 is 15.4 Å². The summed E-state index contributed by atoms with van der Waals surface area (Å²) < 4.78 is 6.02. The molecule has 2 amide bonds. The molecule has 7 heteroatoms. The Labute approximate surface area is 160 Å². The van der Waals surface area contributed by atoms with E-state index in [1.165, 1.54) is 0 Å². The van der Waals surface area contributed by atoms with Gasteiger partial charge in [0.25, 0.3) is 0 Å². The van der Waals surface area contributed by atoms with Crippen molar-refractivity contribution >= 4 is 33.7 Å². The number of carbonyl (C=O) groups excluding carboxylic acids is 3. The monoisotopic (exact) mass is 418 g/mol. The number of hydrogen-bond acceptors (Lipinski definition) is 4. The van der Waals surface area contributed by atoms with Gasteiger partial charge in [0.15, 0.2) is 5.78 Å². The van der Waals surface area contributed by atoms with Gasteiger partial charge in [-0.2, -0.15) is 0 Å². The van der Waals surface area contributed by atoms with Crippen LogP contribution < -0.4 is 10.6 Å². The Hall–Kier alpha value is -2.67. The maximum atomic E-state index is 12.7. The molecule has 0 spiro atoms. The van der Waals surface area contributed by atoms with Gasteiger partial charge in [0.2, 0.25) is 0 Å². The van der Waals surface area contributed by atoms with Crippen molar-refractivity contribution in [2.75, 3.05) is 19.7 Å². The van der Waals surface area contributed by atoms with Crippen LogP contribution in [0.25, 0.3) is 0 Å². The molecule has 26 heavy (non-hydrogen) atoms. The fraction of sp³-hybridized carbons (Fsp3) is 0.211. The van der Waals surface area contributed by atoms with E-state index in [1.807, 2.05) is 0 Å². The van der Waals surface area contributed by atoms with Gasteiger partial charge in [-0.3, -0.25) is 4.79 Å². The first-order chi connectivity index (χ1) is 12.5. The molecule has 0 atom stereocenters. The fourth-order valence-corrected chi connectivity index (χ4v) is 2.49. The van der Waals surface area contributed by atoms with E-state index in [4.69, 9.17) is 4.74 Å². The van der Waals surface area contributed by atoms with Crippen molar-refractivity contribution in [3.63, 3.8) is 0 Å². The van der Waals surface area contributed by atoms with E-state index >= 15 is 0 Å². The standard InChI is InChI=1S/C19H19BrN2O4/c1-2-21-19(25)22-11-12-26-18(24)16-6-4-3-5-15(16)17(23)13-7-9-14(20)10-8-13/h3-10H,2,11-12H2,1H3,(H2,21,22,25). The lowest BCUT2D eigenvalue weighted by atomic mass is 9.98. The minimum Gasteiger partial charge on any atom is -0.460 e. The predicted molar refractivity (Wildman–Crippen MR) is 101 cm³/mol. The molecule has 0 aromatic heterocycles. The highest BCUT2D eigenvalue weighted by molar-refractivity contribution is 9.10. The molecule has 0 saturated carbocycles. The number of hydrogen-bond donors (Lipinski definition) is 2. The maximum Gasteiger partial charge on any atom is 0.338 e. The molecule has 0 radical (unpaired) electrons. The highest BCUT2D eigenvalue weighted by Gasteiger charge is 2.19. The molecule has 0 aliphatic rings. The molecule has 0 bridgehead atoms. The van der Waals surface area contributed by atoms with Crippen molar-refractivity contribution < 1.29 is 19.1 Å². The van der Waals surface area contributed by atoms with Crippen molar-refractivity contribution in [3.8, 4) is 0 Å². The Balaban J connectivity index is 2.03. The summed E-state index contributed by atoms with van der Waals surface area (Å²) in [5, 5.41) is 5.13. The van der Waals surface area contributed by atoms with Crippen LogP contribution in [-0.4, -0.2) is 37.5 Å². The third-order valence-electron chi connectivity index (χ3n) is 3.46. The number of carbonyl (C=O) groups is 3. The summed E-state index contributed by atoms with van der Waals surface area (Å²) in [5.74, 6) is -0.866. The zero-order valence-electron chi connectivity index (χ0n) is 14.3. The predicted octanol–water partition coefficient (Wildman–Crippen LogP) is 3.16. The minimum atomic E-state index is -0.608. The highest BCUT2D eigenvalue weighted by Crippen LogP contribution is 2.18. The Morgan fingerprint density at radius 2 is 1.62 bits per heavy atom. The summed E-state index contributed by atoms with van der Waals surface area (Å²) in [6.07, 6.45) is 0. The second kappa shape index (κ2) is 9.72. The first-order valence-electron chi connectivity index (χ1n) is 8.11. The van der Waals surface area contributed by atoms with Crippen LogP contribution in [0.3, 0.4) is 0 Å². The average Bonchev–Trinajstić information content (AvgIpc) is 2.65. The number of esters is 1. The van der Waals surface area contributed by atoms with Crippen LogP contribution in [0.4, 0.5) is 4.79 Å². The molecule has 0 heterocycles. The van der Waals surface area contributed by atoms with Crippen molar-refractivity contribution in [3.05, 3.63) is 69.7 Å². The number of ether oxygens (including phenoxy) is 1. The van der Waals surface area contributed by atoms with Gasteiger partial charge in [-0.15, -0.1) is 0 Å². The molecule has 0 aliphatic carbocycles. The van der Waals surface area contributed by atoms with Crippen LogP contribution in [0.5, 0.6) is 0 Å². The van der Waals surface area contributed by atoms with Gasteiger partial charge in [0, 0.05) is 22.1 Å². The molecule has 2 aromatic carbocycles. The van der Waals surface area contributed by atoms with Gasteiger partial charge in [0.05, 0.1) is 12.1 Å². The molecule has 0 aliphatic heterocycles. The number of nitrogens with one attached hydrogen (secondary N) is 2. The molecule has 0 saturated heterocycles. The number of ketones is 1. The molecule has 2 rings (SSSR count). The first-order valence-corrected chi connectivity index (χ1v) is 8.90. The van der Waals surface area contributed by atoms with Gasteiger partial charge in [0.1, 0.15) is 6.61 Å². The summed E-state index contributed by atoms with van der Waals surface area (Å²) in [6, 6.07) is 13.1. The van der Waals surface area contributed by atoms with Crippen LogP contribution in [0.2, 0.25) is 0 Å². The largest absolute Gasteiger partial charge is 0.460 e. The molecule has 2 N–H and O–H groups in total. The molecular formula is C19H19BrN2O4. The van der Waals surface area contributed by atoms with Gasteiger partial charge in [-0.05, 0) is 37.3 Å². The van der Waals surface area contributed by atoms with Crippen molar-refractivity contribution in [1.29, 1.82) is 0 Å². The highest BCUT2D eigenvalue weighted by atomic mass is 79.9. The van der Waals surface area contributed by atoms with E-state index in [-0.39, 0.29) is 36.1 Å². The average molecular weight is 419 g/mol. The zero-order valence-corrected chi connectivity index (χ0v) is 15.8. The fourth-order valence-electron chi connectivity index (χ4n) is 2.22. The SMILES string of the molecule is CCNC(=O)NCCOC(=O)c1ccccc1C(=O)c1ccc(Br)cc1. The molecule has 0 fully saturated rings. The first kappa shape index (κ1) is 19.7. The van der Waals surface area contributed by atoms with Crippen LogP contribution in [0.15, 0.2) is 53.0 Å². The smallest absolute Gasteiger partial charge is 0.338 e. The lowest BCUT2D eigenvalue weighted by Gasteiger charge is -2.10. The second-order valence-corrected chi connectivity index (χ2v) is 6.22. The molecule has 6 nitrogen and oxygen atoms in total. The van der Waals surface area contributed by atoms with E-state index in [1.54, 1.807) is 55.5 Å². The Bertz CT molecular complexity index is 790. The molecule has 2 aromatic rings. The van der Waals surface area contributed by atoms with Crippen molar-refractivity contribution in [2.24, 2.45) is 0 Å². The van der Waals surface area contributed by atoms with Crippen LogP contribution in [0.1, 0.15) is 33.2 Å². The summed E-state index contributed by atoms with van der Waals surface area (Å²) in [7, 11) is 0. The quantitative estimate of drug-likeness (QED) is 0.410. The van der Waals surface area contributed by atoms with E-state index < -0.39 is 5.97 Å². The van der Waals surface area contributed by atoms with E-state index in [0.29, 0.717) is 12.1 Å².